The molecule has 1 aromatic carbocycles. The van der Waals surface area contributed by atoms with Crippen molar-refractivity contribution in [3.8, 4) is 0 Å². The van der Waals surface area contributed by atoms with E-state index in [9.17, 15) is 4.39 Å². The second kappa shape index (κ2) is 5.50. The van der Waals surface area contributed by atoms with Gasteiger partial charge in [0.25, 0.3) is 0 Å². The quantitative estimate of drug-likeness (QED) is 0.845. The molecule has 0 saturated carbocycles. The highest BCUT2D eigenvalue weighted by Gasteiger charge is 2.20. The first-order valence-electron chi connectivity index (χ1n) is 5.92. The Morgan fingerprint density at radius 1 is 1.41 bits per heavy atom. The zero-order chi connectivity index (χ0) is 13.1. The standard InChI is InChI=1S/C14H22FNO/c1-10-7-6-8-12(13(10)15)16-11(2)9-14(3,4)17-5/h6-8,11,16H,9H2,1-5H3. The van der Waals surface area contributed by atoms with Gasteiger partial charge in [-0.3, -0.25) is 0 Å². The maximum Gasteiger partial charge on any atom is 0.149 e. The molecule has 1 atom stereocenters. The third-order valence-electron chi connectivity index (χ3n) is 2.94. The van der Waals surface area contributed by atoms with Gasteiger partial charge in [-0.05, 0) is 45.7 Å². The molecule has 3 heteroatoms. The van der Waals surface area contributed by atoms with Crippen LogP contribution in [-0.4, -0.2) is 18.8 Å². The van der Waals surface area contributed by atoms with E-state index in [0.717, 1.165) is 6.42 Å². The summed E-state index contributed by atoms with van der Waals surface area (Å²) in [6.45, 7) is 7.85. The molecule has 0 saturated heterocycles. The van der Waals surface area contributed by atoms with Gasteiger partial charge in [0.05, 0.1) is 11.3 Å². The molecule has 0 aromatic heterocycles. The van der Waals surface area contributed by atoms with Crippen molar-refractivity contribution in [3.05, 3.63) is 29.6 Å². The molecule has 1 rings (SSSR count). The molecule has 0 heterocycles. The summed E-state index contributed by atoms with van der Waals surface area (Å²) < 4.78 is 19.1. The number of hydrogen-bond acceptors (Lipinski definition) is 2. The van der Waals surface area contributed by atoms with Gasteiger partial charge in [0.2, 0.25) is 0 Å². The molecule has 0 aliphatic heterocycles. The average molecular weight is 239 g/mol. The van der Waals surface area contributed by atoms with E-state index in [4.69, 9.17) is 4.74 Å². The van der Waals surface area contributed by atoms with Crippen LogP contribution in [0, 0.1) is 12.7 Å². The van der Waals surface area contributed by atoms with Crippen LogP contribution < -0.4 is 5.32 Å². The largest absolute Gasteiger partial charge is 0.380 e. The van der Waals surface area contributed by atoms with Crippen molar-refractivity contribution in [2.45, 2.75) is 45.8 Å². The first-order chi connectivity index (χ1) is 7.85. The van der Waals surface area contributed by atoms with Crippen LogP contribution in [0.15, 0.2) is 18.2 Å². The monoisotopic (exact) mass is 239 g/mol. The Bertz CT molecular complexity index is 376. The Labute approximate surface area is 103 Å². The molecular weight excluding hydrogens is 217 g/mol. The summed E-state index contributed by atoms with van der Waals surface area (Å²) in [5, 5.41) is 3.19. The number of ether oxygens (including phenoxy) is 1. The minimum Gasteiger partial charge on any atom is -0.380 e. The van der Waals surface area contributed by atoms with E-state index < -0.39 is 0 Å². The first-order valence-corrected chi connectivity index (χ1v) is 5.92. The summed E-state index contributed by atoms with van der Waals surface area (Å²) in [5.41, 5.74) is 1.02. The van der Waals surface area contributed by atoms with Gasteiger partial charge in [0.1, 0.15) is 5.82 Å². The van der Waals surface area contributed by atoms with Gasteiger partial charge in [0, 0.05) is 13.2 Å². The van der Waals surface area contributed by atoms with E-state index in [-0.39, 0.29) is 17.5 Å². The summed E-state index contributed by atoms with van der Waals surface area (Å²) >= 11 is 0. The highest BCUT2D eigenvalue weighted by Crippen LogP contribution is 2.21. The minimum atomic E-state index is -0.202. The Kier molecular flexibility index (Phi) is 4.52. The van der Waals surface area contributed by atoms with Crippen LogP contribution in [0.5, 0.6) is 0 Å². The SMILES string of the molecule is COC(C)(C)CC(C)Nc1cccc(C)c1F. The molecule has 1 aromatic rings. The average Bonchev–Trinajstić information content (AvgIpc) is 2.24. The molecule has 17 heavy (non-hydrogen) atoms. The number of benzene rings is 1. The van der Waals surface area contributed by atoms with Crippen molar-refractivity contribution in [1.82, 2.24) is 0 Å². The van der Waals surface area contributed by atoms with Crippen molar-refractivity contribution >= 4 is 5.69 Å². The fourth-order valence-electron chi connectivity index (χ4n) is 1.90. The molecule has 1 N–H and O–H groups in total. The van der Waals surface area contributed by atoms with Gasteiger partial charge in [-0.25, -0.2) is 4.39 Å². The summed E-state index contributed by atoms with van der Waals surface area (Å²) in [6.07, 6.45) is 0.816. The molecule has 0 spiro atoms. The van der Waals surface area contributed by atoms with Crippen molar-refractivity contribution in [2.75, 3.05) is 12.4 Å². The number of anilines is 1. The lowest BCUT2D eigenvalue weighted by molar-refractivity contribution is 0.0128. The Morgan fingerprint density at radius 2 is 2.06 bits per heavy atom. The second-order valence-electron chi connectivity index (χ2n) is 5.15. The van der Waals surface area contributed by atoms with Gasteiger partial charge < -0.3 is 10.1 Å². The lowest BCUT2D eigenvalue weighted by atomic mass is 9.99. The van der Waals surface area contributed by atoms with E-state index in [0.29, 0.717) is 11.3 Å². The number of nitrogens with one attached hydrogen (secondary N) is 1. The van der Waals surface area contributed by atoms with Gasteiger partial charge in [0.15, 0.2) is 0 Å². The van der Waals surface area contributed by atoms with Crippen LogP contribution in [0.2, 0.25) is 0 Å². The highest BCUT2D eigenvalue weighted by atomic mass is 19.1. The van der Waals surface area contributed by atoms with Crippen molar-refractivity contribution in [2.24, 2.45) is 0 Å². The maximum absolute atomic E-state index is 13.8. The lowest BCUT2D eigenvalue weighted by Crippen LogP contribution is -2.31. The smallest absolute Gasteiger partial charge is 0.149 e. The molecule has 0 aliphatic carbocycles. The molecule has 0 amide bonds. The zero-order valence-electron chi connectivity index (χ0n) is 11.3. The predicted molar refractivity (Wildman–Crippen MR) is 69.9 cm³/mol. The molecule has 0 bridgehead atoms. The van der Waals surface area contributed by atoms with E-state index in [1.165, 1.54) is 0 Å². The van der Waals surface area contributed by atoms with Crippen LogP contribution in [0.1, 0.15) is 32.8 Å². The fourth-order valence-corrected chi connectivity index (χ4v) is 1.90. The molecule has 0 radical (unpaired) electrons. The van der Waals surface area contributed by atoms with E-state index >= 15 is 0 Å². The summed E-state index contributed by atoms with van der Waals surface area (Å²) in [6, 6.07) is 5.54. The van der Waals surface area contributed by atoms with Crippen molar-refractivity contribution < 1.29 is 9.13 Å². The number of methoxy groups -OCH3 is 1. The van der Waals surface area contributed by atoms with Crippen LogP contribution in [0.25, 0.3) is 0 Å². The van der Waals surface area contributed by atoms with E-state index in [1.54, 1.807) is 26.2 Å². The summed E-state index contributed by atoms with van der Waals surface area (Å²) in [4.78, 5) is 0. The maximum atomic E-state index is 13.8. The van der Waals surface area contributed by atoms with E-state index in [2.05, 4.69) is 5.32 Å². The van der Waals surface area contributed by atoms with Crippen LogP contribution in [-0.2, 0) is 4.74 Å². The van der Waals surface area contributed by atoms with Crippen LogP contribution in [0.4, 0.5) is 10.1 Å². The predicted octanol–water partition coefficient (Wildman–Crippen LogP) is 3.75. The molecule has 0 fully saturated rings. The topological polar surface area (TPSA) is 21.3 Å². The Balaban J connectivity index is 2.68. The van der Waals surface area contributed by atoms with Gasteiger partial charge in [-0.2, -0.15) is 0 Å². The van der Waals surface area contributed by atoms with Crippen molar-refractivity contribution in [3.63, 3.8) is 0 Å². The second-order valence-corrected chi connectivity index (χ2v) is 5.15. The molecule has 0 aliphatic rings. The van der Waals surface area contributed by atoms with Gasteiger partial charge >= 0.3 is 0 Å². The Morgan fingerprint density at radius 3 is 2.65 bits per heavy atom. The van der Waals surface area contributed by atoms with Crippen molar-refractivity contribution in [1.29, 1.82) is 0 Å². The fraction of sp³-hybridized carbons (Fsp3) is 0.571. The van der Waals surface area contributed by atoms with Crippen LogP contribution >= 0.6 is 0 Å². The van der Waals surface area contributed by atoms with E-state index in [1.807, 2.05) is 26.8 Å². The molecule has 2 nitrogen and oxygen atoms in total. The first kappa shape index (κ1) is 14.0. The normalized spacial score (nSPS) is 13.5. The molecule has 1 unspecified atom stereocenters. The highest BCUT2D eigenvalue weighted by molar-refractivity contribution is 5.48. The van der Waals surface area contributed by atoms with Gasteiger partial charge in [-0.1, -0.05) is 12.1 Å². The molecule has 96 valence electrons. The number of halogens is 1. The zero-order valence-corrected chi connectivity index (χ0v) is 11.3. The van der Waals surface area contributed by atoms with Crippen LogP contribution in [0.3, 0.4) is 0 Å². The lowest BCUT2D eigenvalue weighted by Gasteiger charge is -2.27. The summed E-state index contributed by atoms with van der Waals surface area (Å²) in [5.74, 6) is -0.172. The number of rotatable bonds is 5. The molecular formula is C14H22FNO. The number of hydrogen-bond donors (Lipinski definition) is 1. The number of aryl methyl sites for hydroxylation is 1. The Hall–Kier alpha value is -1.09. The summed E-state index contributed by atoms with van der Waals surface area (Å²) in [7, 11) is 1.69. The third-order valence-corrected chi connectivity index (χ3v) is 2.94. The van der Waals surface area contributed by atoms with Gasteiger partial charge in [-0.15, -0.1) is 0 Å². The minimum absolute atomic E-state index is 0.154. The third kappa shape index (κ3) is 4.00.